The van der Waals surface area contributed by atoms with Crippen molar-refractivity contribution >= 4 is 11.6 Å². The molecule has 1 rings (SSSR count). The minimum atomic E-state index is -0.0641. The Morgan fingerprint density at radius 2 is 2.28 bits per heavy atom. The molecule has 102 valence electrons. The molecule has 1 heterocycles. The van der Waals surface area contributed by atoms with E-state index in [1.54, 1.807) is 6.20 Å². The highest BCUT2D eigenvalue weighted by Gasteiger charge is 2.15. The fourth-order valence-electron chi connectivity index (χ4n) is 1.79. The van der Waals surface area contributed by atoms with Crippen molar-refractivity contribution < 1.29 is 4.79 Å². The van der Waals surface area contributed by atoms with Crippen LogP contribution in [-0.2, 0) is 4.79 Å². The van der Waals surface area contributed by atoms with Crippen molar-refractivity contribution in [3.05, 3.63) is 12.3 Å². The Bertz CT molecular complexity index is 323. The van der Waals surface area contributed by atoms with Crippen LogP contribution < -0.4 is 5.32 Å². The smallest absolute Gasteiger partial charge is 0.270 e. The van der Waals surface area contributed by atoms with Gasteiger partial charge in [0.25, 0.3) is 5.91 Å². The summed E-state index contributed by atoms with van der Waals surface area (Å²) in [5, 5.41) is 2.72. The Hall–Kier alpha value is -1.16. The van der Waals surface area contributed by atoms with Crippen LogP contribution in [-0.4, -0.2) is 42.7 Å². The van der Waals surface area contributed by atoms with Gasteiger partial charge in [-0.05, 0) is 31.5 Å². The van der Waals surface area contributed by atoms with Crippen LogP contribution in [0.5, 0.6) is 0 Å². The lowest BCUT2D eigenvalue weighted by Crippen LogP contribution is -2.38. The van der Waals surface area contributed by atoms with Gasteiger partial charge in [0.05, 0.1) is 6.54 Å². The molecule has 0 saturated heterocycles. The molecule has 4 heteroatoms. The van der Waals surface area contributed by atoms with Crippen molar-refractivity contribution in [2.45, 2.75) is 33.6 Å². The Balaban J connectivity index is 2.47. The van der Waals surface area contributed by atoms with Crippen molar-refractivity contribution in [2.24, 2.45) is 10.9 Å². The fraction of sp³-hybridized carbons (Fsp3) is 0.714. The summed E-state index contributed by atoms with van der Waals surface area (Å²) in [5.74, 6) is 0.677. The zero-order valence-electron chi connectivity index (χ0n) is 11.8. The Morgan fingerprint density at radius 1 is 1.50 bits per heavy atom. The molecule has 0 aliphatic carbocycles. The van der Waals surface area contributed by atoms with E-state index < -0.39 is 0 Å². The molecule has 1 amide bonds. The van der Waals surface area contributed by atoms with E-state index in [9.17, 15) is 4.79 Å². The maximum atomic E-state index is 11.7. The summed E-state index contributed by atoms with van der Waals surface area (Å²) in [6.45, 7) is 9.85. The van der Waals surface area contributed by atoms with Crippen LogP contribution in [0.2, 0.25) is 0 Å². The van der Waals surface area contributed by atoms with E-state index in [-0.39, 0.29) is 5.91 Å². The van der Waals surface area contributed by atoms with Crippen LogP contribution in [0.15, 0.2) is 17.3 Å². The van der Waals surface area contributed by atoms with Gasteiger partial charge in [0, 0.05) is 12.7 Å². The minimum Gasteiger partial charge on any atom is -0.328 e. The number of carbonyl (C=O) groups is 1. The lowest BCUT2D eigenvalue weighted by atomic mass is 10.1. The Morgan fingerprint density at radius 3 is 2.94 bits per heavy atom. The second-order valence-electron chi connectivity index (χ2n) is 4.83. The predicted molar refractivity (Wildman–Crippen MR) is 75.8 cm³/mol. The molecule has 1 aliphatic heterocycles. The van der Waals surface area contributed by atoms with Crippen molar-refractivity contribution in [1.29, 1.82) is 0 Å². The highest BCUT2D eigenvalue weighted by molar-refractivity contribution is 6.40. The molecule has 0 radical (unpaired) electrons. The number of carbonyl (C=O) groups excluding carboxylic acids is 1. The van der Waals surface area contributed by atoms with Crippen molar-refractivity contribution in [2.75, 3.05) is 26.2 Å². The van der Waals surface area contributed by atoms with Gasteiger partial charge in [-0.2, -0.15) is 0 Å². The third-order valence-corrected chi connectivity index (χ3v) is 3.44. The quantitative estimate of drug-likeness (QED) is 0.750. The maximum absolute atomic E-state index is 11.7. The van der Waals surface area contributed by atoms with Crippen LogP contribution >= 0.6 is 0 Å². The van der Waals surface area contributed by atoms with Gasteiger partial charge in [-0.25, -0.2) is 0 Å². The molecule has 4 nitrogen and oxygen atoms in total. The highest BCUT2D eigenvalue weighted by atomic mass is 16.1. The molecule has 1 atom stereocenters. The molecule has 0 aromatic rings. The molecule has 0 bridgehead atoms. The van der Waals surface area contributed by atoms with Gasteiger partial charge in [-0.3, -0.25) is 14.7 Å². The van der Waals surface area contributed by atoms with Crippen molar-refractivity contribution in [3.63, 3.8) is 0 Å². The van der Waals surface area contributed by atoms with Crippen LogP contribution in [0, 0.1) is 5.92 Å². The molecule has 0 aromatic carbocycles. The van der Waals surface area contributed by atoms with Gasteiger partial charge < -0.3 is 5.32 Å². The van der Waals surface area contributed by atoms with E-state index in [4.69, 9.17) is 0 Å². The second-order valence-corrected chi connectivity index (χ2v) is 4.83. The number of rotatable bonds is 7. The summed E-state index contributed by atoms with van der Waals surface area (Å²) in [4.78, 5) is 18.3. The first kappa shape index (κ1) is 14.9. The molecule has 0 spiro atoms. The van der Waals surface area contributed by atoms with E-state index in [2.05, 4.69) is 36.0 Å². The molecule has 1 unspecified atom stereocenters. The fourth-order valence-corrected chi connectivity index (χ4v) is 1.79. The van der Waals surface area contributed by atoms with E-state index in [1.807, 2.05) is 6.08 Å². The van der Waals surface area contributed by atoms with E-state index in [0.29, 0.717) is 18.8 Å². The first-order chi connectivity index (χ1) is 8.67. The van der Waals surface area contributed by atoms with Crippen LogP contribution in [0.4, 0.5) is 0 Å². The van der Waals surface area contributed by atoms with Gasteiger partial charge in [0.2, 0.25) is 0 Å². The van der Waals surface area contributed by atoms with E-state index in [0.717, 1.165) is 19.0 Å². The molecule has 0 saturated carbocycles. The first-order valence-electron chi connectivity index (χ1n) is 6.88. The third kappa shape index (κ3) is 5.00. The Labute approximate surface area is 110 Å². The van der Waals surface area contributed by atoms with E-state index >= 15 is 0 Å². The van der Waals surface area contributed by atoms with Crippen molar-refractivity contribution in [1.82, 2.24) is 10.2 Å². The largest absolute Gasteiger partial charge is 0.328 e. The first-order valence-corrected chi connectivity index (χ1v) is 6.88. The average Bonchev–Trinajstić information content (AvgIpc) is 2.59. The van der Waals surface area contributed by atoms with Gasteiger partial charge in [0.15, 0.2) is 0 Å². The zero-order valence-corrected chi connectivity index (χ0v) is 11.8. The Kier molecular flexibility index (Phi) is 6.65. The predicted octanol–water partition coefficient (Wildman–Crippen LogP) is 1.83. The molecule has 18 heavy (non-hydrogen) atoms. The lowest BCUT2D eigenvalue weighted by molar-refractivity contribution is -0.114. The van der Waals surface area contributed by atoms with Gasteiger partial charge in [0.1, 0.15) is 5.71 Å². The van der Waals surface area contributed by atoms with Crippen LogP contribution in [0.25, 0.3) is 0 Å². The summed E-state index contributed by atoms with van der Waals surface area (Å²) in [6.07, 6.45) is 5.93. The van der Waals surface area contributed by atoms with Crippen LogP contribution in [0.3, 0.4) is 0 Å². The normalized spacial score (nSPS) is 17.3. The number of aliphatic imine (C=N–C) groups is 1. The van der Waals surface area contributed by atoms with Crippen LogP contribution in [0.1, 0.15) is 33.6 Å². The van der Waals surface area contributed by atoms with Gasteiger partial charge in [-0.15, -0.1) is 0 Å². The monoisotopic (exact) mass is 251 g/mol. The summed E-state index contributed by atoms with van der Waals surface area (Å²) >= 11 is 0. The molecule has 0 aromatic heterocycles. The topological polar surface area (TPSA) is 44.7 Å². The molecule has 0 fully saturated rings. The maximum Gasteiger partial charge on any atom is 0.270 e. The number of amides is 1. The van der Waals surface area contributed by atoms with Crippen molar-refractivity contribution in [3.8, 4) is 0 Å². The molecule has 1 N–H and O–H groups in total. The molecular formula is C14H25N3O. The minimum absolute atomic E-state index is 0.0641. The number of hydrogen-bond acceptors (Lipinski definition) is 3. The standard InChI is InChI=1S/C14H25N3O/c1-4-12(3)7-10-17(5-2)11-13-14(18)16-9-6-8-15-13/h6,9,12H,4-5,7-8,10-11H2,1-3H3,(H,16,18). The highest BCUT2D eigenvalue weighted by Crippen LogP contribution is 2.07. The molecular weight excluding hydrogens is 226 g/mol. The summed E-state index contributed by atoms with van der Waals surface area (Å²) in [7, 11) is 0. The number of nitrogens with one attached hydrogen (secondary N) is 1. The summed E-state index contributed by atoms with van der Waals surface area (Å²) < 4.78 is 0. The van der Waals surface area contributed by atoms with Gasteiger partial charge in [-0.1, -0.05) is 27.2 Å². The summed E-state index contributed by atoms with van der Waals surface area (Å²) in [6, 6.07) is 0. The number of nitrogens with zero attached hydrogens (tertiary/aromatic N) is 2. The van der Waals surface area contributed by atoms with E-state index in [1.165, 1.54) is 12.8 Å². The zero-order chi connectivity index (χ0) is 13.4. The summed E-state index contributed by atoms with van der Waals surface area (Å²) in [5.41, 5.74) is 0.644. The number of hydrogen-bond donors (Lipinski definition) is 1. The second kappa shape index (κ2) is 8.03. The third-order valence-electron chi connectivity index (χ3n) is 3.44. The molecule has 1 aliphatic rings. The SMILES string of the molecule is CCC(C)CCN(CC)CC1=NCC=CNC1=O. The lowest BCUT2D eigenvalue weighted by Gasteiger charge is -2.22. The average molecular weight is 251 g/mol. The van der Waals surface area contributed by atoms with Gasteiger partial charge >= 0.3 is 0 Å².